The first-order valence-corrected chi connectivity index (χ1v) is 6.23. The molecule has 3 nitrogen and oxygen atoms in total. The molecule has 0 bridgehead atoms. The standard InChI is InChI=1S/C13H19ClN2O/c1-3-9(4-2)8-17-11-7-5-6-10(14)12(11)13(15)16/h5-7,9H,3-4,8H2,1-2H3,(H3,15,16). The van der Waals surface area contributed by atoms with E-state index in [-0.39, 0.29) is 5.84 Å². The molecule has 1 aromatic carbocycles. The van der Waals surface area contributed by atoms with Crippen molar-refractivity contribution in [1.29, 1.82) is 5.41 Å². The minimum Gasteiger partial charge on any atom is -0.492 e. The van der Waals surface area contributed by atoms with Crippen molar-refractivity contribution in [2.75, 3.05) is 6.61 Å². The molecule has 0 aromatic heterocycles. The number of halogens is 1. The third-order valence-corrected chi connectivity index (χ3v) is 3.19. The lowest BCUT2D eigenvalue weighted by atomic mass is 10.1. The van der Waals surface area contributed by atoms with Crippen LogP contribution < -0.4 is 10.5 Å². The lowest BCUT2D eigenvalue weighted by molar-refractivity contribution is 0.240. The van der Waals surface area contributed by atoms with Crippen molar-refractivity contribution in [2.24, 2.45) is 11.7 Å². The molecular weight excluding hydrogens is 236 g/mol. The average Bonchev–Trinajstić information content (AvgIpc) is 2.29. The lowest BCUT2D eigenvalue weighted by Crippen LogP contribution is -2.16. The van der Waals surface area contributed by atoms with E-state index in [1.165, 1.54) is 0 Å². The third kappa shape index (κ3) is 3.63. The van der Waals surface area contributed by atoms with Crippen LogP contribution in [0.4, 0.5) is 0 Å². The molecule has 0 amide bonds. The van der Waals surface area contributed by atoms with E-state index in [4.69, 9.17) is 27.5 Å². The van der Waals surface area contributed by atoms with E-state index in [1.807, 2.05) is 0 Å². The SMILES string of the molecule is CCC(CC)COc1cccc(Cl)c1C(=N)N. The number of nitrogens with two attached hydrogens (primary N) is 1. The summed E-state index contributed by atoms with van der Waals surface area (Å²) in [6.07, 6.45) is 2.15. The molecule has 0 unspecified atom stereocenters. The summed E-state index contributed by atoms with van der Waals surface area (Å²) < 4.78 is 5.72. The fraction of sp³-hybridized carbons (Fsp3) is 0.462. The number of nitrogens with one attached hydrogen (secondary N) is 1. The molecule has 0 heterocycles. The van der Waals surface area contributed by atoms with Gasteiger partial charge < -0.3 is 10.5 Å². The Labute approximate surface area is 107 Å². The number of benzene rings is 1. The van der Waals surface area contributed by atoms with Gasteiger partial charge in [-0.2, -0.15) is 0 Å². The largest absolute Gasteiger partial charge is 0.492 e. The molecule has 94 valence electrons. The van der Waals surface area contributed by atoms with Crippen LogP contribution in [-0.2, 0) is 0 Å². The molecule has 0 aliphatic carbocycles. The van der Waals surface area contributed by atoms with Crippen LogP contribution in [0.2, 0.25) is 5.02 Å². The zero-order valence-electron chi connectivity index (χ0n) is 10.3. The summed E-state index contributed by atoms with van der Waals surface area (Å²) in [4.78, 5) is 0. The number of rotatable bonds is 6. The monoisotopic (exact) mass is 254 g/mol. The Morgan fingerprint density at radius 1 is 1.41 bits per heavy atom. The number of hydrogen-bond acceptors (Lipinski definition) is 2. The fourth-order valence-electron chi connectivity index (χ4n) is 1.62. The van der Waals surface area contributed by atoms with Crippen molar-refractivity contribution in [3.63, 3.8) is 0 Å². The van der Waals surface area contributed by atoms with Crippen molar-refractivity contribution in [2.45, 2.75) is 26.7 Å². The average molecular weight is 255 g/mol. The van der Waals surface area contributed by atoms with Crippen LogP contribution in [0.3, 0.4) is 0 Å². The van der Waals surface area contributed by atoms with Gasteiger partial charge in [0.1, 0.15) is 11.6 Å². The van der Waals surface area contributed by atoms with E-state index in [0.29, 0.717) is 28.9 Å². The highest BCUT2D eigenvalue weighted by Crippen LogP contribution is 2.26. The highest BCUT2D eigenvalue weighted by molar-refractivity contribution is 6.34. The maximum Gasteiger partial charge on any atom is 0.131 e. The van der Waals surface area contributed by atoms with Crippen LogP contribution in [0.1, 0.15) is 32.3 Å². The predicted molar refractivity (Wildman–Crippen MR) is 72.0 cm³/mol. The van der Waals surface area contributed by atoms with Gasteiger partial charge in [0, 0.05) is 0 Å². The highest BCUT2D eigenvalue weighted by Gasteiger charge is 2.12. The second kappa shape index (κ2) is 6.50. The van der Waals surface area contributed by atoms with Gasteiger partial charge in [0.05, 0.1) is 17.2 Å². The number of hydrogen-bond donors (Lipinski definition) is 2. The van der Waals surface area contributed by atoms with Gasteiger partial charge in [-0.05, 0) is 18.1 Å². The smallest absolute Gasteiger partial charge is 0.131 e. The minimum absolute atomic E-state index is 0.0600. The van der Waals surface area contributed by atoms with Gasteiger partial charge >= 0.3 is 0 Å². The number of ether oxygens (including phenoxy) is 1. The zero-order valence-corrected chi connectivity index (χ0v) is 11.1. The van der Waals surface area contributed by atoms with Crippen molar-refractivity contribution >= 4 is 17.4 Å². The molecule has 0 saturated heterocycles. The van der Waals surface area contributed by atoms with Crippen LogP contribution >= 0.6 is 11.6 Å². The maximum absolute atomic E-state index is 7.51. The molecular formula is C13H19ClN2O. The first-order chi connectivity index (χ1) is 8.10. The molecule has 1 aromatic rings. The second-order valence-corrected chi connectivity index (χ2v) is 4.43. The van der Waals surface area contributed by atoms with Crippen molar-refractivity contribution in [3.8, 4) is 5.75 Å². The van der Waals surface area contributed by atoms with Crippen LogP contribution in [-0.4, -0.2) is 12.4 Å². The molecule has 3 N–H and O–H groups in total. The summed E-state index contributed by atoms with van der Waals surface area (Å²) in [5.41, 5.74) is 5.99. The first-order valence-electron chi connectivity index (χ1n) is 5.85. The molecule has 4 heteroatoms. The van der Waals surface area contributed by atoms with Crippen LogP contribution in [0.5, 0.6) is 5.75 Å². The van der Waals surface area contributed by atoms with Crippen LogP contribution in [0, 0.1) is 11.3 Å². The van der Waals surface area contributed by atoms with Gasteiger partial charge in [-0.25, -0.2) is 0 Å². The van der Waals surface area contributed by atoms with Crippen LogP contribution in [0.25, 0.3) is 0 Å². The number of nitrogen functional groups attached to an aromatic ring is 1. The minimum atomic E-state index is -0.0600. The summed E-state index contributed by atoms with van der Waals surface area (Å²) in [6.45, 7) is 4.91. The molecule has 17 heavy (non-hydrogen) atoms. The quantitative estimate of drug-likeness (QED) is 0.604. The molecule has 0 spiro atoms. The molecule has 0 saturated carbocycles. The van der Waals surface area contributed by atoms with Gasteiger partial charge in [0.2, 0.25) is 0 Å². The van der Waals surface area contributed by atoms with E-state index in [1.54, 1.807) is 18.2 Å². The van der Waals surface area contributed by atoms with E-state index in [2.05, 4.69) is 13.8 Å². The molecule has 0 aliphatic rings. The summed E-state index contributed by atoms with van der Waals surface area (Å²) >= 11 is 6.01. The van der Waals surface area contributed by atoms with Gasteiger partial charge in [-0.3, -0.25) is 5.41 Å². The normalized spacial score (nSPS) is 10.6. The van der Waals surface area contributed by atoms with Crippen molar-refractivity contribution in [3.05, 3.63) is 28.8 Å². The second-order valence-electron chi connectivity index (χ2n) is 4.02. The van der Waals surface area contributed by atoms with E-state index >= 15 is 0 Å². The Morgan fingerprint density at radius 3 is 2.59 bits per heavy atom. The van der Waals surface area contributed by atoms with Gasteiger partial charge in [-0.15, -0.1) is 0 Å². The Balaban J connectivity index is 2.84. The van der Waals surface area contributed by atoms with E-state index in [9.17, 15) is 0 Å². The summed E-state index contributed by atoms with van der Waals surface area (Å²) in [5, 5.41) is 7.96. The summed E-state index contributed by atoms with van der Waals surface area (Å²) in [5.74, 6) is 1.06. The third-order valence-electron chi connectivity index (χ3n) is 2.87. The first kappa shape index (κ1) is 13.8. The van der Waals surface area contributed by atoms with E-state index in [0.717, 1.165) is 12.8 Å². The Bertz CT molecular complexity index is 389. The molecule has 0 atom stereocenters. The molecule has 1 rings (SSSR count). The van der Waals surface area contributed by atoms with Gasteiger partial charge in [0.15, 0.2) is 0 Å². The van der Waals surface area contributed by atoms with Gasteiger partial charge in [-0.1, -0.05) is 44.4 Å². The summed E-state index contributed by atoms with van der Waals surface area (Å²) in [7, 11) is 0. The summed E-state index contributed by atoms with van der Waals surface area (Å²) in [6, 6.07) is 5.31. The number of amidine groups is 1. The van der Waals surface area contributed by atoms with Gasteiger partial charge in [0.25, 0.3) is 0 Å². The Morgan fingerprint density at radius 2 is 2.06 bits per heavy atom. The lowest BCUT2D eigenvalue weighted by Gasteiger charge is -2.16. The van der Waals surface area contributed by atoms with E-state index < -0.39 is 0 Å². The zero-order chi connectivity index (χ0) is 12.8. The van der Waals surface area contributed by atoms with Crippen molar-refractivity contribution in [1.82, 2.24) is 0 Å². The Hall–Kier alpha value is -1.22. The Kier molecular flexibility index (Phi) is 5.29. The predicted octanol–water partition coefficient (Wildman–Crippen LogP) is 3.44. The fourth-order valence-corrected chi connectivity index (χ4v) is 1.89. The molecule has 0 radical (unpaired) electrons. The highest BCUT2D eigenvalue weighted by atomic mass is 35.5. The molecule has 0 fully saturated rings. The maximum atomic E-state index is 7.51. The molecule has 0 aliphatic heterocycles. The van der Waals surface area contributed by atoms with Crippen LogP contribution in [0.15, 0.2) is 18.2 Å². The topological polar surface area (TPSA) is 59.1 Å². The van der Waals surface area contributed by atoms with Crippen molar-refractivity contribution < 1.29 is 4.74 Å².